The maximum atomic E-state index is 12.6. The van der Waals surface area contributed by atoms with Crippen molar-refractivity contribution < 1.29 is 22.7 Å². The van der Waals surface area contributed by atoms with E-state index in [1.807, 2.05) is 20.8 Å². The number of aryl methyl sites for hydroxylation is 1. The molecule has 0 saturated heterocycles. The predicted octanol–water partition coefficient (Wildman–Crippen LogP) is 3.96. The second kappa shape index (κ2) is 5.72. The molecule has 0 fully saturated rings. The molecular weight excluding hydrogens is 309 g/mol. The Labute approximate surface area is 131 Å². The Balaban J connectivity index is 2.18. The monoisotopic (exact) mass is 326 g/mol. The molecule has 0 radical (unpaired) electrons. The molecule has 0 aliphatic rings. The summed E-state index contributed by atoms with van der Waals surface area (Å²) in [6.07, 6.45) is -4.59. The second-order valence-corrected chi connectivity index (χ2v) is 6.21. The lowest BCUT2D eigenvalue weighted by molar-refractivity contribution is -0.141. The zero-order chi connectivity index (χ0) is 17.4. The topological polar surface area (TPSA) is 44.1 Å². The number of rotatable bonds is 2. The molecule has 2 rings (SSSR count). The number of carbonyl (C=O) groups is 1. The number of hydrogen-bond acceptors (Lipinski definition) is 3. The first kappa shape index (κ1) is 17.1. The molecule has 7 heteroatoms. The number of aromatic nitrogens is 2. The van der Waals surface area contributed by atoms with Crippen LogP contribution in [-0.2, 0) is 18.6 Å². The molecule has 0 aliphatic carbocycles. The van der Waals surface area contributed by atoms with E-state index in [0.717, 1.165) is 10.2 Å². The molecule has 0 unspecified atom stereocenters. The van der Waals surface area contributed by atoms with Crippen molar-refractivity contribution in [2.75, 3.05) is 0 Å². The van der Waals surface area contributed by atoms with Gasteiger partial charge in [0.15, 0.2) is 5.69 Å². The van der Waals surface area contributed by atoms with Gasteiger partial charge in [-0.2, -0.15) is 18.3 Å². The van der Waals surface area contributed by atoms with Gasteiger partial charge in [0.2, 0.25) is 5.88 Å². The third-order valence-electron chi connectivity index (χ3n) is 3.31. The first-order valence-electron chi connectivity index (χ1n) is 6.92. The van der Waals surface area contributed by atoms with Crippen LogP contribution < -0.4 is 4.74 Å². The number of ether oxygens (including phenoxy) is 1. The average molecular weight is 326 g/mol. The van der Waals surface area contributed by atoms with Gasteiger partial charge in [0.1, 0.15) is 0 Å². The number of carbonyl (C=O) groups excluding carboxylic acids is 1. The summed E-state index contributed by atoms with van der Waals surface area (Å²) in [6.45, 7) is 6.11. The molecule has 4 nitrogen and oxygen atoms in total. The van der Waals surface area contributed by atoms with Crippen molar-refractivity contribution in [3.8, 4) is 5.88 Å². The highest BCUT2D eigenvalue weighted by Gasteiger charge is 2.35. The zero-order valence-electron chi connectivity index (χ0n) is 13.2. The molecule has 0 spiro atoms. The number of alkyl halides is 3. The number of benzene rings is 1. The van der Waals surface area contributed by atoms with Crippen molar-refractivity contribution >= 4 is 5.97 Å². The molecule has 2 aromatic rings. The summed E-state index contributed by atoms with van der Waals surface area (Å²) in [6, 6.07) is 7.46. The minimum Gasteiger partial charge on any atom is -0.404 e. The van der Waals surface area contributed by atoms with E-state index in [4.69, 9.17) is 4.74 Å². The highest BCUT2D eigenvalue weighted by molar-refractivity contribution is 5.90. The number of halogens is 3. The fourth-order valence-corrected chi connectivity index (χ4v) is 1.94. The summed E-state index contributed by atoms with van der Waals surface area (Å²) in [5.41, 5.74) is 0.124. The van der Waals surface area contributed by atoms with Gasteiger partial charge in [0.05, 0.1) is 5.56 Å². The first-order valence-corrected chi connectivity index (χ1v) is 6.92. The molecule has 1 aromatic carbocycles. The maximum absolute atomic E-state index is 12.6. The molecule has 124 valence electrons. The van der Waals surface area contributed by atoms with Crippen molar-refractivity contribution in [3.63, 3.8) is 0 Å². The Hall–Kier alpha value is -2.31. The largest absolute Gasteiger partial charge is 0.435 e. The molecule has 0 atom stereocenters. The van der Waals surface area contributed by atoms with Gasteiger partial charge < -0.3 is 4.74 Å². The minimum absolute atomic E-state index is 0.0634. The van der Waals surface area contributed by atoms with Gasteiger partial charge in [-0.3, -0.25) is 0 Å². The van der Waals surface area contributed by atoms with Crippen LogP contribution in [0.1, 0.15) is 42.4 Å². The van der Waals surface area contributed by atoms with Crippen LogP contribution in [0.5, 0.6) is 5.88 Å². The Kier molecular flexibility index (Phi) is 4.24. The van der Waals surface area contributed by atoms with Crippen LogP contribution in [0.25, 0.3) is 0 Å². The van der Waals surface area contributed by atoms with Gasteiger partial charge >= 0.3 is 12.1 Å². The third-order valence-corrected chi connectivity index (χ3v) is 3.31. The quantitative estimate of drug-likeness (QED) is 0.785. The van der Waals surface area contributed by atoms with Gasteiger partial charge in [-0.05, 0) is 23.1 Å². The predicted molar refractivity (Wildman–Crippen MR) is 78.3 cm³/mol. The van der Waals surface area contributed by atoms with Crippen LogP contribution in [0.4, 0.5) is 13.2 Å². The maximum Gasteiger partial charge on any atom is 0.435 e. The molecule has 0 amide bonds. The smallest absolute Gasteiger partial charge is 0.404 e. The van der Waals surface area contributed by atoms with Gasteiger partial charge in [0.25, 0.3) is 0 Å². The summed E-state index contributed by atoms with van der Waals surface area (Å²) >= 11 is 0. The van der Waals surface area contributed by atoms with Gasteiger partial charge in [-0.25, -0.2) is 9.48 Å². The lowest BCUT2D eigenvalue weighted by Gasteiger charge is -2.18. The minimum atomic E-state index is -4.59. The van der Waals surface area contributed by atoms with E-state index in [0.29, 0.717) is 6.07 Å². The lowest BCUT2D eigenvalue weighted by atomic mass is 9.87. The number of hydrogen-bond donors (Lipinski definition) is 0. The van der Waals surface area contributed by atoms with Gasteiger partial charge in [0, 0.05) is 13.1 Å². The summed E-state index contributed by atoms with van der Waals surface area (Å²) in [7, 11) is 1.28. The molecule has 0 aliphatic heterocycles. The number of nitrogens with zero attached hydrogens (tertiary/aromatic N) is 2. The van der Waals surface area contributed by atoms with E-state index >= 15 is 0 Å². The van der Waals surface area contributed by atoms with Crippen molar-refractivity contribution in [2.24, 2.45) is 7.05 Å². The molecule has 0 bridgehead atoms. The molecule has 0 saturated carbocycles. The van der Waals surface area contributed by atoms with Crippen LogP contribution in [-0.4, -0.2) is 15.7 Å². The fraction of sp³-hybridized carbons (Fsp3) is 0.375. The third kappa shape index (κ3) is 3.91. The van der Waals surface area contributed by atoms with Gasteiger partial charge in [-0.1, -0.05) is 32.9 Å². The van der Waals surface area contributed by atoms with E-state index in [-0.39, 0.29) is 16.9 Å². The zero-order valence-corrected chi connectivity index (χ0v) is 13.2. The first-order chi connectivity index (χ1) is 10.5. The van der Waals surface area contributed by atoms with Gasteiger partial charge in [-0.15, -0.1) is 0 Å². The summed E-state index contributed by atoms with van der Waals surface area (Å²) in [5, 5.41) is 3.29. The van der Waals surface area contributed by atoms with E-state index in [9.17, 15) is 18.0 Å². The normalized spacial score (nSPS) is 12.3. The summed E-state index contributed by atoms with van der Waals surface area (Å²) in [4.78, 5) is 12.0. The fourth-order valence-electron chi connectivity index (χ4n) is 1.94. The summed E-state index contributed by atoms with van der Waals surface area (Å²) < 4.78 is 43.6. The van der Waals surface area contributed by atoms with E-state index in [1.165, 1.54) is 7.05 Å². The Morgan fingerprint density at radius 3 is 2.13 bits per heavy atom. The highest BCUT2D eigenvalue weighted by atomic mass is 19.4. The van der Waals surface area contributed by atoms with Crippen molar-refractivity contribution in [1.82, 2.24) is 9.78 Å². The van der Waals surface area contributed by atoms with Crippen molar-refractivity contribution in [1.29, 1.82) is 0 Å². The molecule has 1 aromatic heterocycles. The van der Waals surface area contributed by atoms with Crippen LogP contribution in [0, 0.1) is 0 Å². The Morgan fingerprint density at radius 1 is 1.13 bits per heavy atom. The summed E-state index contributed by atoms with van der Waals surface area (Å²) in [5.74, 6) is -0.996. The van der Waals surface area contributed by atoms with E-state index in [1.54, 1.807) is 24.3 Å². The van der Waals surface area contributed by atoms with Crippen LogP contribution in [0.3, 0.4) is 0 Å². The van der Waals surface area contributed by atoms with E-state index in [2.05, 4.69) is 5.10 Å². The Bertz CT molecular complexity index is 710. The average Bonchev–Trinajstić information content (AvgIpc) is 2.79. The van der Waals surface area contributed by atoms with Crippen molar-refractivity contribution in [2.45, 2.75) is 32.4 Å². The van der Waals surface area contributed by atoms with Crippen LogP contribution in [0.15, 0.2) is 30.3 Å². The number of esters is 1. The van der Waals surface area contributed by atoms with Crippen LogP contribution >= 0.6 is 0 Å². The molecule has 0 N–H and O–H groups in total. The molecule has 1 heterocycles. The highest BCUT2D eigenvalue weighted by Crippen LogP contribution is 2.30. The van der Waals surface area contributed by atoms with Crippen LogP contribution in [0.2, 0.25) is 0 Å². The standard InChI is InChI=1S/C16H17F3N2O2/c1-15(2,3)11-7-5-10(6-8-11)14(22)23-13-9-12(16(17,18)19)20-21(13)4/h5-9H,1-4H3. The lowest BCUT2D eigenvalue weighted by Crippen LogP contribution is -2.13. The molecular formula is C16H17F3N2O2. The Morgan fingerprint density at radius 2 is 1.70 bits per heavy atom. The SMILES string of the molecule is Cn1nc(C(F)(F)F)cc1OC(=O)c1ccc(C(C)(C)C)cc1. The second-order valence-electron chi connectivity index (χ2n) is 6.21. The van der Waals surface area contributed by atoms with Crippen molar-refractivity contribution in [3.05, 3.63) is 47.2 Å². The molecule has 23 heavy (non-hydrogen) atoms. The van der Waals surface area contributed by atoms with E-state index < -0.39 is 17.8 Å².